The van der Waals surface area contributed by atoms with Crippen LogP contribution in [-0.4, -0.2) is 44.8 Å². The van der Waals surface area contributed by atoms with Crippen LogP contribution in [0.3, 0.4) is 0 Å². The number of carbonyl (C=O) groups excluding carboxylic acids is 1. The first-order chi connectivity index (χ1) is 14.6. The highest BCUT2D eigenvalue weighted by Crippen LogP contribution is 2.51. The zero-order valence-electron chi connectivity index (χ0n) is 19.8. The van der Waals surface area contributed by atoms with Crippen molar-refractivity contribution in [1.82, 2.24) is 0 Å². The number of methoxy groups -OCH3 is 1. The van der Waals surface area contributed by atoms with E-state index in [0.29, 0.717) is 12.2 Å². The molecule has 31 heavy (non-hydrogen) atoms. The highest BCUT2D eigenvalue weighted by atomic mass is 16.7. The lowest BCUT2D eigenvalue weighted by atomic mass is 9.72. The van der Waals surface area contributed by atoms with E-state index in [9.17, 15) is 4.79 Å². The molecular weight excluding hydrogens is 390 g/mol. The molecule has 1 aliphatic carbocycles. The molecule has 2 heterocycles. The van der Waals surface area contributed by atoms with Crippen LogP contribution in [0, 0.1) is 5.41 Å². The van der Waals surface area contributed by atoms with Crippen molar-refractivity contribution in [2.24, 2.45) is 5.41 Å². The van der Waals surface area contributed by atoms with Crippen LogP contribution in [0.2, 0.25) is 0 Å². The molecule has 0 saturated heterocycles. The molecule has 0 bridgehead atoms. The minimum Gasteiger partial charge on any atom is -0.492 e. The van der Waals surface area contributed by atoms with Crippen LogP contribution in [-0.2, 0) is 11.2 Å². The molecule has 0 amide bonds. The van der Waals surface area contributed by atoms with Gasteiger partial charge < -0.3 is 18.7 Å². The van der Waals surface area contributed by atoms with E-state index in [-0.39, 0.29) is 24.0 Å². The lowest BCUT2D eigenvalue weighted by Gasteiger charge is -2.43. The van der Waals surface area contributed by atoms with Crippen molar-refractivity contribution < 1.29 is 23.5 Å². The van der Waals surface area contributed by atoms with Gasteiger partial charge in [-0.3, -0.25) is 4.79 Å². The predicted octanol–water partition coefficient (Wildman–Crippen LogP) is 5.14. The summed E-state index contributed by atoms with van der Waals surface area (Å²) in [6, 6.07) is 2.09. The fraction of sp³-hybridized carbons (Fsp3) is 0.577. The van der Waals surface area contributed by atoms with Gasteiger partial charge in [0, 0.05) is 6.42 Å². The Bertz CT molecular complexity index is 955. The highest BCUT2D eigenvalue weighted by Gasteiger charge is 2.42. The number of allylic oxidation sites excluding steroid dienone is 4. The third-order valence-corrected chi connectivity index (χ3v) is 7.46. The van der Waals surface area contributed by atoms with Gasteiger partial charge in [0.05, 0.1) is 39.7 Å². The molecule has 0 spiro atoms. The second-order valence-electron chi connectivity index (χ2n) is 10.4. The van der Waals surface area contributed by atoms with E-state index in [1.54, 1.807) is 13.2 Å². The molecule has 0 radical (unpaired) electrons. The standard InChI is InChI=1S/C26H36NO4/c1-17-8-7-12-26(2,3)20(17)10-9-19(28)15-21-23-18(11-13-27(21,4)5)14-22-24(25(23)29-6)31-16-30-22/h9-10,14,21H,7-8,11-13,15-16H2,1-6H3/q+1/b10-9+. The maximum absolute atomic E-state index is 13.2. The highest BCUT2D eigenvalue weighted by molar-refractivity contribution is 5.90. The van der Waals surface area contributed by atoms with E-state index in [1.165, 1.54) is 29.6 Å². The lowest BCUT2D eigenvalue weighted by molar-refractivity contribution is -0.922. The smallest absolute Gasteiger partial charge is 0.231 e. The molecule has 3 aliphatic rings. The fourth-order valence-electron chi connectivity index (χ4n) is 5.56. The molecule has 168 valence electrons. The molecule has 5 nitrogen and oxygen atoms in total. The van der Waals surface area contributed by atoms with Crippen molar-refractivity contribution in [2.75, 3.05) is 34.5 Å². The molecule has 1 aromatic rings. The maximum Gasteiger partial charge on any atom is 0.231 e. The minimum absolute atomic E-state index is 0.0137. The molecule has 0 saturated carbocycles. The largest absolute Gasteiger partial charge is 0.492 e. The van der Waals surface area contributed by atoms with E-state index < -0.39 is 0 Å². The van der Waals surface area contributed by atoms with Gasteiger partial charge in [-0.1, -0.05) is 25.5 Å². The number of ketones is 1. The SMILES string of the molecule is COc1c2c(cc3c1C(CC(=O)/C=C/C1=C(C)CCCC1(C)C)[N+](C)(C)CC3)OCO2. The van der Waals surface area contributed by atoms with Gasteiger partial charge in [0.2, 0.25) is 12.5 Å². The van der Waals surface area contributed by atoms with Crippen LogP contribution in [0.1, 0.15) is 63.6 Å². The van der Waals surface area contributed by atoms with Crippen LogP contribution in [0.5, 0.6) is 17.2 Å². The summed E-state index contributed by atoms with van der Waals surface area (Å²) < 4.78 is 17.9. The summed E-state index contributed by atoms with van der Waals surface area (Å²) in [6.07, 6.45) is 8.78. The van der Waals surface area contributed by atoms with Crippen LogP contribution in [0.15, 0.2) is 29.4 Å². The van der Waals surface area contributed by atoms with Crippen LogP contribution >= 0.6 is 0 Å². The van der Waals surface area contributed by atoms with Crippen molar-refractivity contribution in [3.05, 3.63) is 40.5 Å². The Morgan fingerprint density at radius 1 is 1.29 bits per heavy atom. The summed E-state index contributed by atoms with van der Waals surface area (Å²) in [5.74, 6) is 2.30. The summed E-state index contributed by atoms with van der Waals surface area (Å²) in [4.78, 5) is 13.2. The predicted molar refractivity (Wildman–Crippen MR) is 122 cm³/mol. The second-order valence-corrected chi connectivity index (χ2v) is 10.4. The average Bonchev–Trinajstić information content (AvgIpc) is 3.16. The number of nitrogens with zero attached hydrogens (tertiary/aromatic N) is 1. The number of quaternary nitrogens is 1. The summed E-state index contributed by atoms with van der Waals surface area (Å²) in [5, 5.41) is 0. The monoisotopic (exact) mass is 426 g/mol. The number of ether oxygens (including phenoxy) is 3. The van der Waals surface area contributed by atoms with E-state index in [1.807, 2.05) is 0 Å². The molecule has 1 unspecified atom stereocenters. The lowest BCUT2D eigenvalue weighted by Crippen LogP contribution is -2.48. The van der Waals surface area contributed by atoms with Crippen LogP contribution in [0.4, 0.5) is 0 Å². The van der Waals surface area contributed by atoms with Crippen molar-refractivity contribution >= 4 is 5.78 Å². The molecule has 1 aromatic carbocycles. The molecule has 0 aromatic heterocycles. The average molecular weight is 427 g/mol. The van der Waals surface area contributed by atoms with Crippen molar-refractivity contribution in [1.29, 1.82) is 0 Å². The quantitative estimate of drug-likeness (QED) is 0.483. The molecular formula is C26H36NO4+. The normalized spacial score (nSPS) is 23.7. The van der Waals surface area contributed by atoms with Crippen molar-refractivity contribution in [2.45, 2.75) is 58.9 Å². The first-order valence-corrected chi connectivity index (χ1v) is 11.4. The number of likely N-dealkylation sites (N-methyl/N-ethyl adjacent to an activating group) is 1. The Morgan fingerprint density at radius 2 is 2.06 bits per heavy atom. The van der Waals surface area contributed by atoms with Gasteiger partial charge in [-0.2, -0.15) is 0 Å². The Labute approximate surface area is 186 Å². The number of hydrogen-bond acceptors (Lipinski definition) is 4. The number of fused-ring (bicyclic) bond motifs is 2. The van der Waals surface area contributed by atoms with E-state index in [4.69, 9.17) is 14.2 Å². The molecule has 0 N–H and O–H groups in total. The Morgan fingerprint density at radius 3 is 2.77 bits per heavy atom. The van der Waals surface area contributed by atoms with Gasteiger partial charge >= 0.3 is 0 Å². The number of benzene rings is 1. The van der Waals surface area contributed by atoms with Crippen LogP contribution < -0.4 is 14.2 Å². The van der Waals surface area contributed by atoms with Crippen LogP contribution in [0.25, 0.3) is 0 Å². The first kappa shape index (κ1) is 21.9. The third-order valence-electron chi connectivity index (χ3n) is 7.46. The maximum atomic E-state index is 13.2. The minimum atomic E-state index is 0.0137. The van der Waals surface area contributed by atoms with Gasteiger partial charge in [0.1, 0.15) is 6.04 Å². The summed E-state index contributed by atoms with van der Waals surface area (Å²) in [6.45, 7) is 7.95. The molecule has 5 heteroatoms. The van der Waals surface area contributed by atoms with E-state index in [0.717, 1.165) is 40.9 Å². The van der Waals surface area contributed by atoms with Gasteiger partial charge in [0.25, 0.3) is 0 Å². The number of rotatable bonds is 5. The third kappa shape index (κ3) is 4.00. The molecule has 0 fully saturated rings. The first-order valence-electron chi connectivity index (χ1n) is 11.4. The Balaban J connectivity index is 1.65. The zero-order valence-corrected chi connectivity index (χ0v) is 19.8. The summed E-state index contributed by atoms with van der Waals surface area (Å²) in [5.41, 5.74) is 5.16. The van der Waals surface area contributed by atoms with Gasteiger partial charge in [-0.05, 0) is 54.9 Å². The number of carbonyl (C=O) groups is 1. The van der Waals surface area contributed by atoms with Gasteiger partial charge in [0.15, 0.2) is 17.3 Å². The second kappa shape index (κ2) is 8.01. The van der Waals surface area contributed by atoms with Gasteiger partial charge in [-0.15, -0.1) is 0 Å². The van der Waals surface area contributed by atoms with Crippen molar-refractivity contribution in [3.8, 4) is 17.2 Å². The van der Waals surface area contributed by atoms with Gasteiger partial charge in [-0.25, -0.2) is 0 Å². The molecule has 2 aliphatic heterocycles. The topological polar surface area (TPSA) is 44.8 Å². The summed E-state index contributed by atoms with van der Waals surface area (Å²) in [7, 11) is 6.07. The van der Waals surface area contributed by atoms with Crippen molar-refractivity contribution in [3.63, 3.8) is 0 Å². The molecule has 1 atom stereocenters. The van der Waals surface area contributed by atoms with E-state index in [2.05, 4.69) is 47.0 Å². The fourth-order valence-corrected chi connectivity index (χ4v) is 5.56. The molecule has 4 rings (SSSR count). The summed E-state index contributed by atoms with van der Waals surface area (Å²) >= 11 is 0. The Hall–Kier alpha value is -2.27. The Kier molecular flexibility index (Phi) is 5.67. The zero-order chi connectivity index (χ0) is 22.4. The van der Waals surface area contributed by atoms with E-state index >= 15 is 0 Å². The number of hydrogen-bond donors (Lipinski definition) is 0.